The van der Waals surface area contributed by atoms with Crippen molar-refractivity contribution in [1.29, 1.82) is 0 Å². The maximum Gasteiger partial charge on any atom is 0.345 e. The van der Waals surface area contributed by atoms with Crippen molar-refractivity contribution < 1.29 is 4.39 Å². The number of halogens is 1. The summed E-state index contributed by atoms with van der Waals surface area (Å²) in [6.07, 6.45) is -1.31. The van der Waals surface area contributed by atoms with Gasteiger partial charge in [0.15, 0.2) is 6.30 Å². The van der Waals surface area contributed by atoms with Crippen LogP contribution in [0.5, 0.6) is 0 Å². The zero-order valence-corrected chi connectivity index (χ0v) is 5.76. The molecule has 56 valence electrons. The van der Waals surface area contributed by atoms with E-state index in [1.807, 2.05) is 0 Å². The van der Waals surface area contributed by atoms with Crippen LogP contribution in [0.15, 0.2) is 4.79 Å². The van der Waals surface area contributed by atoms with Crippen molar-refractivity contribution in [3.8, 4) is 0 Å². The normalized spacial score (nSPS) is 13.5. The fourth-order valence-corrected chi connectivity index (χ4v) is 0.802. The molecule has 0 aliphatic carbocycles. The van der Waals surface area contributed by atoms with Gasteiger partial charge in [-0.2, -0.15) is 5.10 Å². The van der Waals surface area contributed by atoms with Crippen LogP contribution in [0, 0.1) is 6.92 Å². The predicted octanol–water partition coefficient (Wildman–Crippen LogP) is 0.368. The molecule has 0 aromatic carbocycles. The lowest BCUT2D eigenvalue weighted by molar-refractivity contribution is 0.257. The van der Waals surface area contributed by atoms with Gasteiger partial charge >= 0.3 is 5.69 Å². The number of hydrogen-bond acceptors (Lipinski definition) is 2. The van der Waals surface area contributed by atoms with Crippen molar-refractivity contribution in [2.24, 2.45) is 0 Å². The maximum absolute atomic E-state index is 12.5. The van der Waals surface area contributed by atoms with Crippen LogP contribution >= 0.6 is 0 Å². The molecule has 0 bridgehead atoms. The van der Waals surface area contributed by atoms with Gasteiger partial charge in [0.05, 0.1) is 0 Å². The van der Waals surface area contributed by atoms with E-state index in [4.69, 9.17) is 0 Å². The number of rotatable bonds is 1. The Hall–Kier alpha value is -1.13. The topological polar surface area (TPSA) is 50.7 Å². The molecular formula is C5H8FN3O. The van der Waals surface area contributed by atoms with Crippen LogP contribution in [0.25, 0.3) is 0 Å². The van der Waals surface area contributed by atoms with Crippen molar-refractivity contribution in [2.75, 3.05) is 0 Å². The molecule has 0 aliphatic heterocycles. The highest BCUT2D eigenvalue weighted by Crippen LogP contribution is 2.03. The van der Waals surface area contributed by atoms with Crippen molar-refractivity contribution >= 4 is 0 Å². The predicted molar refractivity (Wildman–Crippen MR) is 33.4 cm³/mol. The number of H-pyrrole nitrogens is 1. The highest BCUT2D eigenvalue weighted by atomic mass is 19.1. The second-order valence-electron chi connectivity index (χ2n) is 2.02. The van der Waals surface area contributed by atoms with Gasteiger partial charge in [-0.15, -0.1) is 0 Å². The van der Waals surface area contributed by atoms with E-state index in [0.717, 1.165) is 4.57 Å². The minimum absolute atomic E-state index is 0.361. The molecule has 0 radical (unpaired) electrons. The van der Waals surface area contributed by atoms with Crippen LogP contribution in [0.2, 0.25) is 0 Å². The summed E-state index contributed by atoms with van der Waals surface area (Å²) in [6.45, 7) is 2.85. The lowest BCUT2D eigenvalue weighted by Gasteiger charge is -2.00. The van der Waals surface area contributed by atoms with Gasteiger partial charge in [0.2, 0.25) is 0 Å². The first-order valence-corrected chi connectivity index (χ1v) is 2.90. The molecule has 0 aliphatic rings. The van der Waals surface area contributed by atoms with Crippen molar-refractivity contribution in [2.45, 2.75) is 20.1 Å². The fraction of sp³-hybridized carbons (Fsp3) is 0.600. The van der Waals surface area contributed by atoms with Gasteiger partial charge in [-0.1, -0.05) is 0 Å². The van der Waals surface area contributed by atoms with Crippen LogP contribution in [0.1, 0.15) is 19.0 Å². The zero-order valence-electron chi connectivity index (χ0n) is 5.76. The summed E-state index contributed by atoms with van der Waals surface area (Å²) in [4.78, 5) is 10.7. The first-order chi connectivity index (χ1) is 4.63. The van der Waals surface area contributed by atoms with E-state index in [-0.39, 0.29) is 0 Å². The summed E-state index contributed by atoms with van der Waals surface area (Å²) in [5, 5.41) is 5.66. The van der Waals surface area contributed by atoms with Crippen LogP contribution in [0.3, 0.4) is 0 Å². The maximum atomic E-state index is 12.5. The van der Waals surface area contributed by atoms with E-state index in [1.165, 1.54) is 6.92 Å². The van der Waals surface area contributed by atoms with E-state index in [1.54, 1.807) is 6.92 Å². The van der Waals surface area contributed by atoms with Gasteiger partial charge in [-0.05, 0) is 13.8 Å². The van der Waals surface area contributed by atoms with Gasteiger partial charge in [0.25, 0.3) is 0 Å². The zero-order chi connectivity index (χ0) is 7.72. The Balaban J connectivity index is 3.23. The molecule has 10 heavy (non-hydrogen) atoms. The molecule has 1 rings (SSSR count). The molecule has 1 aromatic rings. The Bertz CT molecular complexity index is 275. The van der Waals surface area contributed by atoms with E-state index >= 15 is 0 Å². The fourth-order valence-electron chi connectivity index (χ4n) is 0.802. The molecule has 0 amide bonds. The third-order valence-corrected chi connectivity index (χ3v) is 1.24. The minimum Gasteiger partial charge on any atom is -0.247 e. The summed E-state index contributed by atoms with van der Waals surface area (Å²) in [5.74, 6) is 0.361. The van der Waals surface area contributed by atoms with Gasteiger partial charge in [-0.3, -0.25) is 0 Å². The molecule has 0 spiro atoms. The number of alkyl halides is 1. The van der Waals surface area contributed by atoms with Gasteiger partial charge in [0, 0.05) is 0 Å². The quantitative estimate of drug-likeness (QED) is 0.620. The number of aromatic nitrogens is 3. The lowest BCUT2D eigenvalue weighted by atomic mass is 10.6. The van der Waals surface area contributed by atoms with E-state index in [2.05, 4.69) is 10.2 Å². The minimum atomic E-state index is -1.31. The second-order valence-corrected chi connectivity index (χ2v) is 2.02. The molecular weight excluding hydrogens is 137 g/mol. The molecule has 1 unspecified atom stereocenters. The van der Waals surface area contributed by atoms with Gasteiger partial charge in [-0.25, -0.2) is 18.9 Å². The molecule has 1 N–H and O–H groups in total. The number of hydrogen-bond donors (Lipinski definition) is 1. The molecule has 0 fully saturated rings. The summed E-state index contributed by atoms with van der Waals surface area (Å²) in [6, 6.07) is 0. The number of nitrogens with zero attached hydrogens (tertiary/aromatic N) is 2. The van der Waals surface area contributed by atoms with Crippen LogP contribution in [-0.4, -0.2) is 14.8 Å². The third-order valence-electron chi connectivity index (χ3n) is 1.24. The average Bonchev–Trinajstić information content (AvgIpc) is 2.11. The number of aryl methyl sites for hydroxylation is 1. The number of aromatic amines is 1. The first kappa shape index (κ1) is 6.98. The Morgan fingerprint density at radius 2 is 2.40 bits per heavy atom. The highest BCUT2D eigenvalue weighted by molar-refractivity contribution is 4.81. The number of nitrogens with one attached hydrogen (secondary N) is 1. The molecule has 1 aromatic heterocycles. The Kier molecular flexibility index (Phi) is 1.57. The average molecular weight is 145 g/mol. The van der Waals surface area contributed by atoms with E-state index in [9.17, 15) is 9.18 Å². The SMILES string of the molecule is Cc1n[nH]c(=O)n1C(C)F. The highest BCUT2D eigenvalue weighted by Gasteiger charge is 2.08. The monoisotopic (exact) mass is 145 g/mol. The van der Waals surface area contributed by atoms with Crippen LogP contribution in [0.4, 0.5) is 4.39 Å². The van der Waals surface area contributed by atoms with E-state index < -0.39 is 12.0 Å². The van der Waals surface area contributed by atoms with Crippen molar-refractivity contribution in [1.82, 2.24) is 14.8 Å². The molecule has 1 atom stereocenters. The Morgan fingerprint density at radius 1 is 1.80 bits per heavy atom. The van der Waals surface area contributed by atoms with Gasteiger partial charge in [0.1, 0.15) is 5.82 Å². The largest absolute Gasteiger partial charge is 0.345 e. The lowest BCUT2D eigenvalue weighted by Crippen LogP contribution is -2.18. The third kappa shape index (κ3) is 0.940. The van der Waals surface area contributed by atoms with Crippen LogP contribution < -0.4 is 5.69 Å². The molecule has 0 saturated heterocycles. The molecule has 5 heteroatoms. The summed E-state index contributed by atoms with van der Waals surface area (Å²) < 4.78 is 13.4. The van der Waals surface area contributed by atoms with Crippen LogP contribution in [-0.2, 0) is 0 Å². The summed E-state index contributed by atoms with van der Waals surface area (Å²) >= 11 is 0. The summed E-state index contributed by atoms with van der Waals surface area (Å²) in [5.41, 5.74) is -0.507. The van der Waals surface area contributed by atoms with E-state index in [0.29, 0.717) is 5.82 Å². The molecule has 0 saturated carbocycles. The standard InChI is InChI=1S/C5H8FN3O/c1-3(6)9-4(2)7-8-5(9)10/h3H,1-2H3,(H,8,10). The Labute approximate surface area is 56.7 Å². The smallest absolute Gasteiger partial charge is 0.247 e. The first-order valence-electron chi connectivity index (χ1n) is 2.90. The van der Waals surface area contributed by atoms with Crippen molar-refractivity contribution in [3.63, 3.8) is 0 Å². The molecule has 4 nitrogen and oxygen atoms in total. The Morgan fingerprint density at radius 3 is 2.60 bits per heavy atom. The van der Waals surface area contributed by atoms with Gasteiger partial charge < -0.3 is 0 Å². The second kappa shape index (κ2) is 2.24. The molecule has 1 heterocycles. The van der Waals surface area contributed by atoms with Crippen molar-refractivity contribution in [3.05, 3.63) is 16.3 Å². The summed E-state index contributed by atoms with van der Waals surface area (Å²) in [7, 11) is 0.